The maximum absolute atomic E-state index is 9.22. The number of oxime groups is 2. The van der Waals surface area contributed by atoms with Crippen molar-refractivity contribution < 1.29 is 10.4 Å². The third kappa shape index (κ3) is 2.50. The summed E-state index contributed by atoms with van der Waals surface area (Å²) in [4.78, 5) is 8.41. The highest BCUT2D eigenvalue weighted by Crippen LogP contribution is 2.35. The average Bonchev–Trinajstić information content (AvgIpc) is 3.25. The van der Waals surface area contributed by atoms with E-state index >= 15 is 0 Å². The van der Waals surface area contributed by atoms with Crippen molar-refractivity contribution in [3.63, 3.8) is 0 Å². The van der Waals surface area contributed by atoms with E-state index in [1.807, 2.05) is 4.57 Å². The average molecular weight is 388 g/mol. The number of fused-ring (bicyclic) bond motifs is 1. The smallest absolute Gasteiger partial charge is 0.196 e. The molecule has 1 aliphatic carbocycles. The van der Waals surface area contributed by atoms with Gasteiger partial charge >= 0.3 is 0 Å². The van der Waals surface area contributed by atoms with Crippen molar-refractivity contribution in [2.75, 3.05) is 0 Å². The SMILES string of the molecule is N/C(=N\O)C(=NO)c1nc2c(Cl)ncc(Br)c2n1CC1CC1. The molecule has 0 amide bonds. The number of hydrogen-bond acceptors (Lipinski definition) is 6. The summed E-state index contributed by atoms with van der Waals surface area (Å²) in [6, 6.07) is 0. The van der Waals surface area contributed by atoms with E-state index in [0.29, 0.717) is 22.5 Å². The van der Waals surface area contributed by atoms with Gasteiger partial charge in [0, 0.05) is 12.7 Å². The van der Waals surface area contributed by atoms with Crippen LogP contribution in [0, 0.1) is 5.92 Å². The molecule has 1 saturated carbocycles. The summed E-state index contributed by atoms with van der Waals surface area (Å²) in [6.45, 7) is 0.669. The number of rotatable bonds is 4. The van der Waals surface area contributed by atoms with Gasteiger partial charge in [0.2, 0.25) is 0 Å². The van der Waals surface area contributed by atoms with Gasteiger partial charge in [-0.3, -0.25) is 0 Å². The van der Waals surface area contributed by atoms with Gasteiger partial charge in [-0.1, -0.05) is 21.9 Å². The van der Waals surface area contributed by atoms with Crippen molar-refractivity contribution in [2.45, 2.75) is 19.4 Å². The van der Waals surface area contributed by atoms with Gasteiger partial charge in [0.15, 0.2) is 22.5 Å². The molecule has 0 radical (unpaired) electrons. The van der Waals surface area contributed by atoms with Crippen molar-refractivity contribution in [3.05, 3.63) is 21.6 Å². The molecule has 0 spiro atoms. The molecule has 3 rings (SSSR count). The van der Waals surface area contributed by atoms with Crippen molar-refractivity contribution in [1.29, 1.82) is 0 Å². The monoisotopic (exact) mass is 386 g/mol. The fraction of sp³-hybridized carbons (Fsp3) is 0.333. The highest BCUT2D eigenvalue weighted by atomic mass is 79.9. The molecule has 2 aromatic heterocycles. The third-order valence-corrected chi connectivity index (χ3v) is 4.34. The summed E-state index contributed by atoms with van der Waals surface area (Å²) in [5.74, 6) is 0.451. The minimum atomic E-state index is -0.338. The zero-order valence-electron chi connectivity index (χ0n) is 11.2. The van der Waals surface area contributed by atoms with E-state index in [0.717, 1.165) is 18.4 Å². The number of halogens is 2. The van der Waals surface area contributed by atoms with Crippen LogP contribution in [0.4, 0.5) is 0 Å². The fourth-order valence-electron chi connectivity index (χ4n) is 2.25. The molecule has 0 bridgehead atoms. The Morgan fingerprint density at radius 1 is 1.45 bits per heavy atom. The van der Waals surface area contributed by atoms with Gasteiger partial charge in [-0.15, -0.1) is 0 Å². The van der Waals surface area contributed by atoms with Crippen LogP contribution in [0.25, 0.3) is 11.0 Å². The normalized spacial score (nSPS) is 16.5. The lowest BCUT2D eigenvalue weighted by Crippen LogP contribution is -2.28. The molecule has 0 atom stereocenters. The minimum Gasteiger partial charge on any atom is -0.410 e. The van der Waals surface area contributed by atoms with Crippen molar-refractivity contribution in [1.82, 2.24) is 14.5 Å². The summed E-state index contributed by atoms with van der Waals surface area (Å²) in [6.07, 6.45) is 3.81. The quantitative estimate of drug-likeness (QED) is 0.244. The van der Waals surface area contributed by atoms with Crippen LogP contribution in [0.1, 0.15) is 18.7 Å². The largest absolute Gasteiger partial charge is 0.410 e. The Morgan fingerprint density at radius 2 is 2.18 bits per heavy atom. The second-order valence-electron chi connectivity index (χ2n) is 5.02. The van der Waals surface area contributed by atoms with E-state index in [4.69, 9.17) is 22.5 Å². The molecule has 0 aromatic carbocycles. The number of pyridine rings is 1. The first kappa shape index (κ1) is 15.0. The number of nitrogens with two attached hydrogens (primary N) is 1. The Balaban J connectivity index is 2.28. The van der Waals surface area contributed by atoms with Crippen LogP contribution >= 0.6 is 27.5 Å². The van der Waals surface area contributed by atoms with Crippen LogP contribution in [-0.2, 0) is 6.54 Å². The molecule has 0 aliphatic heterocycles. The molecule has 8 nitrogen and oxygen atoms in total. The minimum absolute atomic E-state index is 0.123. The van der Waals surface area contributed by atoms with Gasteiger partial charge < -0.3 is 20.7 Å². The number of aromatic nitrogens is 3. The first-order valence-corrected chi connectivity index (χ1v) is 7.64. The van der Waals surface area contributed by atoms with Gasteiger partial charge in [0.25, 0.3) is 0 Å². The molecule has 22 heavy (non-hydrogen) atoms. The summed E-state index contributed by atoms with van der Waals surface area (Å²) in [7, 11) is 0. The van der Waals surface area contributed by atoms with Gasteiger partial charge in [0.1, 0.15) is 5.52 Å². The lowest BCUT2D eigenvalue weighted by Gasteiger charge is -2.09. The van der Waals surface area contributed by atoms with Crippen molar-refractivity contribution >= 4 is 50.1 Å². The molecule has 0 saturated heterocycles. The number of imidazole rings is 1. The van der Waals surface area contributed by atoms with Gasteiger partial charge in [-0.05, 0) is 34.7 Å². The molecule has 2 aromatic rings. The highest BCUT2D eigenvalue weighted by molar-refractivity contribution is 9.10. The summed E-state index contributed by atoms with van der Waals surface area (Å²) < 4.78 is 2.56. The maximum Gasteiger partial charge on any atom is 0.196 e. The van der Waals surface area contributed by atoms with Crippen LogP contribution in [-0.4, -0.2) is 36.5 Å². The lowest BCUT2D eigenvalue weighted by atomic mass is 10.3. The standard InChI is InChI=1S/C12H12BrClN6O2/c13-6-3-16-10(14)7-9(6)20(4-5-1-2-5)12(17-7)8(18-21)11(15)19-22/h3,5,21-22H,1-2,4H2,(H2,15,19). The van der Waals surface area contributed by atoms with Crippen molar-refractivity contribution in [3.8, 4) is 0 Å². The van der Waals surface area contributed by atoms with Crippen LogP contribution in [0.5, 0.6) is 0 Å². The second kappa shape index (κ2) is 5.73. The molecule has 1 fully saturated rings. The Labute approximate surface area is 138 Å². The van der Waals surface area contributed by atoms with E-state index < -0.39 is 0 Å². The number of nitrogens with zero attached hydrogens (tertiary/aromatic N) is 5. The Kier molecular flexibility index (Phi) is 3.92. The van der Waals surface area contributed by atoms with Crippen molar-refractivity contribution in [2.24, 2.45) is 22.0 Å². The molecule has 2 heterocycles. The van der Waals surface area contributed by atoms with E-state index in [1.54, 1.807) is 6.20 Å². The Hall–Kier alpha value is -1.87. The summed E-state index contributed by atoms with van der Waals surface area (Å²) in [5.41, 5.74) is 6.63. The van der Waals surface area contributed by atoms with E-state index in [9.17, 15) is 5.21 Å². The van der Waals surface area contributed by atoms with Crippen LogP contribution in [0.2, 0.25) is 5.15 Å². The first-order valence-electron chi connectivity index (χ1n) is 6.47. The molecular weight excluding hydrogens is 376 g/mol. The second-order valence-corrected chi connectivity index (χ2v) is 6.23. The first-order chi connectivity index (χ1) is 10.6. The fourth-order valence-corrected chi connectivity index (χ4v) is 2.93. The summed E-state index contributed by atoms with van der Waals surface area (Å²) >= 11 is 9.54. The molecular formula is C12H12BrClN6O2. The summed E-state index contributed by atoms with van der Waals surface area (Å²) in [5, 5.41) is 24.3. The lowest BCUT2D eigenvalue weighted by molar-refractivity contribution is 0.313. The molecule has 116 valence electrons. The van der Waals surface area contributed by atoms with Gasteiger partial charge in [-0.25, -0.2) is 9.97 Å². The third-order valence-electron chi connectivity index (χ3n) is 3.48. The predicted molar refractivity (Wildman–Crippen MR) is 84.7 cm³/mol. The van der Waals surface area contributed by atoms with Crippen LogP contribution < -0.4 is 5.73 Å². The van der Waals surface area contributed by atoms with E-state index in [1.165, 1.54) is 0 Å². The van der Waals surface area contributed by atoms with E-state index in [2.05, 4.69) is 36.2 Å². The molecule has 10 heteroatoms. The molecule has 0 unspecified atom stereocenters. The molecule has 4 N–H and O–H groups in total. The number of amidine groups is 1. The predicted octanol–water partition coefficient (Wildman–Crippen LogP) is 2.18. The van der Waals surface area contributed by atoms with E-state index in [-0.39, 0.29) is 22.5 Å². The van der Waals surface area contributed by atoms with Gasteiger partial charge in [0.05, 0.1) is 9.99 Å². The Bertz CT molecular complexity index is 799. The molecule has 1 aliphatic rings. The Morgan fingerprint density at radius 3 is 2.77 bits per heavy atom. The van der Waals surface area contributed by atoms with Gasteiger partial charge in [-0.2, -0.15) is 0 Å². The maximum atomic E-state index is 9.22. The van der Waals surface area contributed by atoms with Crippen LogP contribution in [0.3, 0.4) is 0 Å². The zero-order chi connectivity index (χ0) is 15.9. The highest BCUT2D eigenvalue weighted by Gasteiger charge is 2.28. The van der Waals surface area contributed by atoms with Crippen LogP contribution in [0.15, 0.2) is 21.0 Å². The topological polar surface area (TPSA) is 122 Å². The zero-order valence-corrected chi connectivity index (χ0v) is 13.6. The number of hydrogen-bond donors (Lipinski definition) is 3.